The minimum atomic E-state index is -0.376. The first kappa shape index (κ1) is 13.1. The lowest BCUT2D eigenvalue weighted by Crippen LogP contribution is -2.11. The lowest BCUT2D eigenvalue weighted by molar-refractivity contribution is -0.114. The summed E-state index contributed by atoms with van der Waals surface area (Å²) in [4.78, 5) is 10.6. The minimum Gasteiger partial charge on any atom is -0.379 e. The summed E-state index contributed by atoms with van der Waals surface area (Å²) in [5, 5.41) is 0. The summed E-state index contributed by atoms with van der Waals surface area (Å²) in [6.07, 6.45) is 2.49. The predicted octanol–water partition coefficient (Wildman–Crippen LogP) is 0.861. The first-order valence-corrected chi connectivity index (χ1v) is 4.80. The highest BCUT2D eigenvalue weighted by molar-refractivity contribution is 5.91. The van der Waals surface area contributed by atoms with Gasteiger partial charge in [-0.1, -0.05) is 6.08 Å². The number of nitrogens with two attached hydrogens (primary N) is 1. The van der Waals surface area contributed by atoms with E-state index in [-0.39, 0.29) is 5.91 Å². The molecule has 0 spiro atoms. The van der Waals surface area contributed by atoms with Crippen molar-refractivity contribution < 1.29 is 14.3 Å². The van der Waals surface area contributed by atoms with Crippen LogP contribution in [-0.4, -0.2) is 32.3 Å². The van der Waals surface area contributed by atoms with E-state index in [0.717, 1.165) is 0 Å². The van der Waals surface area contributed by atoms with Crippen LogP contribution < -0.4 is 5.73 Å². The van der Waals surface area contributed by atoms with Crippen LogP contribution in [0.4, 0.5) is 0 Å². The van der Waals surface area contributed by atoms with Gasteiger partial charge in [0.05, 0.1) is 19.8 Å². The molecule has 0 fully saturated rings. The summed E-state index contributed by atoms with van der Waals surface area (Å²) < 4.78 is 10.3. The Bertz CT molecular complexity index is 190. The van der Waals surface area contributed by atoms with E-state index in [1.165, 1.54) is 0 Å². The van der Waals surface area contributed by atoms with Gasteiger partial charge < -0.3 is 15.2 Å². The highest BCUT2D eigenvalue weighted by Crippen LogP contribution is 1.94. The van der Waals surface area contributed by atoms with E-state index in [1.54, 1.807) is 13.0 Å². The molecule has 1 amide bonds. The van der Waals surface area contributed by atoms with Crippen LogP contribution in [0, 0.1) is 0 Å². The molecule has 0 aromatic rings. The van der Waals surface area contributed by atoms with Gasteiger partial charge in [-0.25, -0.2) is 0 Å². The third kappa shape index (κ3) is 7.76. The van der Waals surface area contributed by atoms with E-state index in [9.17, 15) is 4.79 Å². The highest BCUT2D eigenvalue weighted by Gasteiger charge is 1.95. The number of hydrogen-bond donors (Lipinski definition) is 1. The molecule has 0 aromatic heterocycles. The Labute approximate surface area is 85.1 Å². The lowest BCUT2D eigenvalue weighted by Gasteiger charge is -2.02. The van der Waals surface area contributed by atoms with E-state index < -0.39 is 0 Å². The molecule has 0 radical (unpaired) electrons. The quantitative estimate of drug-likeness (QED) is 0.468. The van der Waals surface area contributed by atoms with Crippen LogP contribution in [0.1, 0.15) is 20.3 Å². The van der Waals surface area contributed by atoms with E-state index in [0.29, 0.717) is 38.4 Å². The van der Waals surface area contributed by atoms with E-state index in [4.69, 9.17) is 15.2 Å². The van der Waals surface area contributed by atoms with Gasteiger partial charge in [0.15, 0.2) is 0 Å². The molecule has 0 bridgehead atoms. The van der Waals surface area contributed by atoms with Gasteiger partial charge in [-0.15, -0.1) is 0 Å². The molecule has 0 aliphatic rings. The van der Waals surface area contributed by atoms with Crippen LogP contribution in [0.5, 0.6) is 0 Å². The molecule has 0 unspecified atom stereocenters. The SMILES string of the molecule is CCOCCOCC/C=C(\C)C(N)=O. The molecular weight excluding hydrogens is 182 g/mol. The van der Waals surface area contributed by atoms with Gasteiger partial charge in [0, 0.05) is 12.2 Å². The summed E-state index contributed by atoms with van der Waals surface area (Å²) in [5.74, 6) is -0.376. The maximum atomic E-state index is 10.6. The zero-order valence-corrected chi connectivity index (χ0v) is 8.91. The van der Waals surface area contributed by atoms with Gasteiger partial charge in [0.2, 0.25) is 5.91 Å². The smallest absolute Gasteiger partial charge is 0.244 e. The van der Waals surface area contributed by atoms with Crippen LogP contribution >= 0.6 is 0 Å². The number of rotatable bonds is 8. The molecule has 82 valence electrons. The summed E-state index contributed by atoms with van der Waals surface area (Å²) in [5.41, 5.74) is 5.63. The molecule has 0 heterocycles. The number of hydrogen-bond acceptors (Lipinski definition) is 3. The van der Waals surface area contributed by atoms with Gasteiger partial charge in [-0.2, -0.15) is 0 Å². The predicted molar refractivity (Wildman–Crippen MR) is 54.9 cm³/mol. The molecule has 4 heteroatoms. The van der Waals surface area contributed by atoms with E-state index >= 15 is 0 Å². The van der Waals surface area contributed by atoms with Crippen molar-refractivity contribution in [2.75, 3.05) is 26.4 Å². The molecule has 0 aromatic carbocycles. The normalized spacial score (nSPS) is 11.7. The topological polar surface area (TPSA) is 61.6 Å². The fraction of sp³-hybridized carbons (Fsp3) is 0.700. The van der Waals surface area contributed by atoms with Crippen LogP contribution in [0.2, 0.25) is 0 Å². The number of amides is 1. The average molecular weight is 201 g/mol. The Hall–Kier alpha value is -0.870. The van der Waals surface area contributed by atoms with Crippen molar-refractivity contribution in [2.45, 2.75) is 20.3 Å². The third-order valence-corrected chi connectivity index (χ3v) is 1.68. The van der Waals surface area contributed by atoms with Crippen molar-refractivity contribution >= 4 is 5.91 Å². The Morgan fingerprint density at radius 2 is 1.93 bits per heavy atom. The Kier molecular flexibility index (Phi) is 8.17. The monoisotopic (exact) mass is 201 g/mol. The second-order valence-corrected chi connectivity index (χ2v) is 2.85. The van der Waals surface area contributed by atoms with Gasteiger partial charge in [-0.3, -0.25) is 4.79 Å². The molecule has 2 N–H and O–H groups in total. The van der Waals surface area contributed by atoms with Gasteiger partial charge in [0.1, 0.15) is 0 Å². The Morgan fingerprint density at radius 1 is 1.29 bits per heavy atom. The first-order valence-electron chi connectivity index (χ1n) is 4.80. The molecular formula is C10H19NO3. The van der Waals surface area contributed by atoms with Crippen molar-refractivity contribution in [3.63, 3.8) is 0 Å². The second kappa shape index (κ2) is 8.72. The van der Waals surface area contributed by atoms with Gasteiger partial charge in [0.25, 0.3) is 0 Å². The summed E-state index contributed by atoms with van der Waals surface area (Å²) >= 11 is 0. The molecule has 4 nitrogen and oxygen atoms in total. The molecule has 0 saturated heterocycles. The fourth-order valence-electron chi connectivity index (χ4n) is 0.824. The molecule has 0 rings (SSSR count). The maximum absolute atomic E-state index is 10.6. The van der Waals surface area contributed by atoms with Crippen LogP contribution in [0.3, 0.4) is 0 Å². The van der Waals surface area contributed by atoms with Gasteiger partial charge >= 0.3 is 0 Å². The fourth-order valence-corrected chi connectivity index (χ4v) is 0.824. The zero-order chi connectivity index (χ0) is 10.8. The minimum absolute atomic E-state index is 0.376. The number of carbonyl (C=O) groups is 1. The average Bonchev–Trinajstić information content (AvgIpc) is 2.16. The maximum Gasteiger partial charge on any atom is 0.244 e. The van der Waals surface area contributed by atoms with Crippen LogP contribution in [0.15, 0.2) is 11.6 Å². The molecule has 0 saturated carbocycles. The van der Waals surface area contributed by atoms with Crippen molar-refractivity contribution in [1.82, 2.24) is 0 Å². The van der Waals surface area contributed by atoms with Crippen molar-refractivity contribution in [3.8, 4) is 0 Å². The largest absolute Gasteiger partial charge is 0.379 e. The summed E-state index contributed by atoms with van der Waals surface area (Å²) in [6, 6.07) is 0. The van der Waals surface area contributed by atoms with Gasteiger partial charge in [-0.05, 0) is 20.3 Å². The van der Waals surface area contributed by atoms with E-state index in [1.807, 2.05) is 6.92 Å². The highest BCUT2D eigenvalue weighted by atomic mass is 16.5. The summed E-state index contributed by atoms with van der Waals surface area (Å²) in [6.45, 7) is 6.16. The molecule has 14 heavy (non-hydrogen) atoms. The number of ether oxygens (including phenoxy) is 2. The first-order chi connectivity index (χ1) is 6.68. The van der Waals surface area contributed by atoms with Crippen molar-refractivity contribution in [2.24, 2.45) is 5.73 Å². The third-order valence-electron chi connectivity index (χ3n) is 1.68. The molecule has 0 aliphatic carbocycles. The molecule has 0 atom stereocenters. The summed E-state index contributed by atoms with van der Waals surface area (Å²) in [7, 11) is 0. The molecule has 0 aliphatic heterocycles. The Balaban J connectivity index is 3.29. The van der Waals surface area contributed by atoms with Crippen LogP contribution in [-0.2, 0) is 14.3 Å². The van der Waals surface area contributed by atoms with Crippen molar-refractivity contribution in [3.05, 3.63) is 11.6 Å². The van der Waals surface area contributed by atoms with Crippen molar-refractivity contribution in [1.29, 1.82) is 0 Å². The van der Waals surface area contributed by atoms with Crippen LogP contribution in [0.25, 0.3) is 0 Å². The number of primary amides is 1. The standard InChI is InChI=1S/C10H19NO3/c1-3-13-7-8-14-6-4-5-9(2)10(11)12/h5H,3-4,6-8H2,1-2H3,(H2,11,12)/b9-5+. The second-order valence-electron chi connectivity index (χ2n) is 2.85. The zero-order valence-electron chi connectivity index (χ0n) is 8.91. The number of carbonyl (C=O) groups excluding carboxylic acids is 1. The lowest BCUT2D eigenvalue weighted by atomic mass is 10.2. The van der Waals surface area contributed by atoms with E-state index in [2.05, 4.69) is 0 Å². The Morgan fingerprint density at radius 3 is 2.50 bits per heavy atom.